The van der Waals surface area contributed by atoms with Crippen molar-refractivity contribution in [3.05, 3.63) is 0 Å². The Balaban J connectivity index is 4.05. The smallest absolute Gasteiger partial charge is 0.236 e. The van der Waals surface area contributed by atoms with Gasteiger partial charge in [0.2, 0.25) is 5.91 Å². The fourth-order valence-electron chi connectivity index (χ4n) is 1.53. The zero-order valence-electron chi connectivity index (χ0n) is 9.97. The Hall–Kier alpha value is -0.570. The third kappa shape index (κ3) is 4.61. The van der Waals surface area contributed by atoms with Crippen molar-refractivity contribution in [1.29, 1.82) is 0 Å². The molecule has 0 fully saturated rings. The highest BCUT2D eigenvalue weighted by Gasteiger charge is 2.14. The second-order valence-corrected chi connectivity index (χ2v) is 3.65. The summed E-state index contributed by atoms with van der Waals surface area (Å²) in [4.78, 5) is 13.5. The number of carbonyl (C=O) groups excluding carboxylic acids is 1. The van der Waals surface area contributed by atoms with Gasteiger partial charge in [-0.1, -0.05) is 26.7 Å². The Morgan fingerprint density at radius 1 is 1.29 bits per heavy atom. The van der Waals surface area contributed by atoms with Gasteiger partial charge in [0.15, 0.2) is 0 Å². The minimum atomic E-state index is 0.210. The fraction of sp³-hybridized carbons (Fsp3) is 0.909. The van der Waals surface area contributed by atoms with Crippen LogP contribution >= 0.6 is 0 Å². The Bertz CT molecular complexity index is 155. The number of hydrogen-bond donors (Lipinski definition) is 1. The lowest BCUT2D eigenvalue weighted by atomic mass is 10.0. The van der Waals surface area contributed by atoms with Gasteiger partial charge in [-0.15, -0.1) is 0 Å². The van der Waals surface area contributed by atoms with E-state index in [4.69, 9.17) is 0 Å². The summed E-state index contributed by atoms with van der Waals surface area (Å²) in [5.74, 6) is 0.859. The number of amides is 1. The molecule has 1 amide bonds. The summed E-state index contributed by atoms with van der Waals surface area (Å²) in [6, 6.07) is 0. The molecule has 0 bridgehead atoms. The Labute approximate surface area is 87.9 Å². The average molecular weight is 200 g/mol. The third-order valence-electron chi connectivity index (χ3n) is 2.70. The molecule has 0 radical (unpaired) electrons. The van der Waals surface area contributed by atoms with Crippen LogP contribution < -0.4 is 5.32 Å². The van der Waals surface area contributed by atoms with Crippen LogP contribution in [0.4, 0.5) is 0 Å². The van der Waals surface area contributed by atoms with E-state index in [9.17, 15) is 4.79 Å². The van der Waals surface area contributed by atoms with Crippen molar-refractivity contribution in [2.75, 3.05) is 26.7 Å². The van der Waals surface area contributed by atoms with E-state index in [0.29, 0.717) is 12.5 Å². The van der Waals surface area contributed by atoms with Crippen LogP contribution in [0.3, 0.4) is 0 Å². The molecule has 84 valence electrons. The van der Waals surface area contributed by atoms with E-state index in [1.807, 2.05) is 18.9 Å². The molecule has 0 aliphatic heterocycles. The number of rotatable bonds is 7. The molecule has 0 saturated heterocycles. The summed E-state index contributed by atoms with van der Waals surface area (Å²) in [5, 5.41) is 2.90. The van der Waals surface area contributed by atoms with Crippen molar-refractivity contribution in [1.82, 2.24) is 10.2 Å². The minimum absolute atomic E-state index is 0.210. The highest BCUT2D eigenvalue weighted by molar-refractivity contribution is 5.78. The number of hydrogen-bond acceptors (Lipinski definition) is 2. The van der Waals surface area contributed by atoms with Crippen LogP contribution in [-0.4, -0.2) is 37.5 Å². The molecule has 14 heavy (non-hydrogen) atoms. The first-order valence-corrected chi connectivity index (χ1v) is 5.61. The van der Waals surface area contributed by atoms with E-state index < -0.39 is 0 Å². The van der Waals surface area contributed by atoms with Gasteiger partial charge >= 0.3 is 0 Å². The van der Waals surface area contributed by atoms with Crippen molar-refractivity contribution in [2.45, 2.75) is 33.6 Å². The Morgan fingerprint density at radius 3 is 2.21 bits per heavy atom. The predicted molar refractivity (Wildman–Crippen MR) is 60.3 cm³/mol. The van der Waals surface area contributed by atoms with Gasteiger partial charge in [0.1, 0.15) is 0 Å². The van der Waals surface area contributed by atoms with Crippen LogP contribution in [0, 0.1) is 5.92 Å². The quantitative estimate of drug-likeness (QED) is 0.675. The topological polar surface area (TPSA) is 32.3 Å². The summed E-state index contributed by atoms with van der Waals surface area (Å²) in [6.07, 6.45) is 2.31. The van der Waals surface area contributed by atoms with Gasteiger partial charge in [0.25, 0.3) is 0 Å². The van der Waals surface area contributed by atoms with E-state index >= 15 is 0 Å². The first-order valence-electron chi connectivity index (χ1n) is 5.61. The van der Waals surface area contributed by atoms with Crippen LogP contribution in [0.15, 0.2) is 0 Å². The summed E-state index contributed by atoms with van der Waals surface area (Å²) in [6.45, 7) is 8.58. The van der Waals surface area contributed by atoms with Gasteiger partial charge in [-0.05, 0) is 19.9 Å². The number of likely N-dealkylation sites (N-methyl/N-ethyl adjacent to an activating group) is 2. The lowest BCUT2D eigenvalue weighted by Crippen LogP contribution is -2.39. The maximum absolute atomic E-state index is 11.6. The van der Waals surface area contributed by atoms with Crippen molar-refractivity contribution >= 4 is 5.91 Å². The highest BCUT2D eigenvalue weighted by Crippen LogP contribution is 2.09. The fourth-order valence-corrected chi connectivity index (χ4v) is 1.53. The predicted octanol–water partition coefficient (Wildman–Crippen LogP) is 1.49. The molecule has 3 nitrogen and oxygen atoms in total. The number of carbonyl (C=O) groups is 1. The first kappa shape index (κ1) is 13.4. The van der Waals surface area contributed by atoms with E-state index in [1.54, 1.807) is 0 Å². The summed E-state index contributed by atoms with van der Waals surface area (Å²) < 4.78 is 0. The molecule has 0 saturated carbocycles. The van der Waals surface area contributed by atoms with Crippen molar-refractivity contribution in [2.24, 2.45) is 5.92 Å². The van der Waals surface area contributed by atoms with Crippen molar-refractivity contribution < 1.29 is 4.79 Å². The molecule has 0 aliphatic rings. The maximum Gasteiger partial charge on any atom is 0.236 e. The van der Waals surface area contributed by atoms with Crippen LogP contribution in [0.2, 0.25) is 0 Å². The van der Waals surface area contributed by atoms with Gasteiger partial charge < -0.3 is 10.2 Å². The molecular formula is C11H24N2O. The van der Waals surface area contributed by atoms with E-state index in [0.717, 1.165) is 25.9 Å². The van der Waals surface area contributed by atoms with Crippen molar-refractivity contribution in [3.63, 3.8) is 0 Å². The second kappa shape index (κ2) is 7.80. The van der Waals surface area contributed by atoms with Crippen molar-refractivity contribution in [3.8, 4) is 0 Å². The Kier molecular flexibility index (Phi) is 7.48. The molecule has 0 atom stereocenters. The zero-order valence-corrected chi connectivity index (χ0v) is 9.97. The van der Waals surface area contributed by atoms with Crippen LogP contribution in [0.5, 0.6) is 0 Å². The number of nitrogens with zero attached hydrogens (tertiary/aromatic N) is 1. The molecule has 0 aromatic heterocycles. The molecule has 0 heterocycles. The summed E-state index contributed by atoms with van der Waals surface area (Å²) in [5.41, 5.74) is 0. The summed E-state index contributed by atoms with van der Waals surface area (Å²) >= 11 is 0. The molecule has 0 aromatic rings. The van der Waals surface area contributed by atoms with Gasteiger partial charge in [-0.2, -0.15) is 0 Å². The number of nitrogens with one attached hydrogen (secondary N) is 1. The maximum atomic E-state index is 11.6. The normalized spacial score (nSPS) is 10.6. The first-order chi connectivity index (χ1) is 6.69. The molecule has 3 heteroatoms. The van der Waals surface area contributed by atoms with Crippen LogP contribution in [0.1, 0.15) is 33.6 Å². The molecule has 1 N–H and O–H groups in total. The lowest BCUT2D eigenvalue weighted by molar-refractivity contribution is -0.130. The molecule has 0 aliphatic carbocycles. The van der Waals surface area contributed by atoms with E-state index in [-0.39, 0.29) is 5.91 Å². The summed E-state index contributed by atoms with van der Waals surface area (Å²) in [7, 11) is 1.81. The largest absolute Gasteiger partial charge is 0.342 e. The molecule has 0 unspecified atom stereocenters. The second-order valence-electron chi connectivity index (χ2n) is 3.65. The van der Waals surface area contributed by atoms with Gasteiger partial charge in [0.05, 0.1) is 6.54 Å². The van der Waals surface area contributed by atoms with E-state index in [1.165, 1.54) is 0 Å². The SMILES string of the molecule is CCC(CC)CN(CC)C(=O)CNC. The zero-order chi connectivity index (χ0) is 11.0. The van der Waals surface area contributed by atoms with E-state index in [2.05, 4.69) is 19.2 Å². The van der Waals surface area contributed by atoms with Crippen LogP contribution in [-0.2, 0) is 4.79 Å². The standard InChI is InChI=1S/C11H24N2O/c1-5-10(6-2)9-13(7-3)11(14)8-12-4/h10,12H,5-9H2,1-4H3. The molecule has 0 spiro atoms. The molecule has 0 aromatic carbocycles. The lowest BCUT2D eigenvalue weighted by Gasteiger charge is -2.25. The van der Waals surface area contributed by atoms with Gasteiger partial charge in [-0.25, -0.2) is 0 Å². The third-order valence-corrected chi connectivity index (χ3v) is 2.70. The monoisotopic (exact) mass is 200 g/mol. The van der Waals surface area contributed by atoms with Gasteiger partial charge in [-0.3, -0.25) is 4.79 Å². The minimum Gasteiger partial charge on any atom is -0.342 e. The Morgan fingerprint density at radius 2 is 1.86 bits per heavy atom. The molecular weight excluding hydrogens is 176 g/mol. The highest BCUT2D eigenvalue weighted by atomic mass is 16.2. The van der Waals surface area contributed by atoms with Gasteiger partial charge in [0, 0.05) is 13.1 Å². The average Bonchev–Trinajstić information content (AvgIpc) is 2.20. The molecule has 0 rings (SSSR count). The van der Waals surface area contributed by atoms with Crippen LogP contribution in [0.25, 0.3) is 0 Å².